The van der Waals surface area contributed by atoms with E-state index < -0.39 is 5.97 Å². The molecular weight excluding hydrogens is 196 g/mol. The van der Waals surface area contributed by atoms with Crippen LogP contribution in [0.25, 0.3) is 0 Å². The summed E-state index contributed by atoms with van der Waals surface area (Å²) < 4.78 is 5.00. The van der Waals surface area contributed by atoms with Gasteiger partial charge in [-0.3, -0.25) is 4.89 Å². The number of hydrogen-bond donors (Lipinski definition) is 0. The summed E-state index contributed by atoms with van der Waals surface area (Å²) in [5, 5.41) is 0. The quantitative estimate of drug-likeness (QED) is 0.422. The van der Waals surface area contributed by atoms with Crippen molar-refractivity contribution in [2.45, 2.75) is 6.42 Å². The largest absolute Gasteiger partial charge is 0.496 e. The molecule has 0 spiro atoms. The number of carbonyl (C=O) groups excluding carboxylic acids is 1. The topological polar surface area (TPSA) is 44.8 Å². The third-order valence-electron chi connectivity index (χ3n) is 1.69. The SMILES string of the molecule is [CH2]CCOOC(=O)c1ccccc1OC. The van der Waals surface area contributed by atoms with Crippen LogP contribution in [0.15, 0.2) is 24.3 Å². The molecule has 4 nitrogen and oxygen atoms in total. The number of hydrogen-bond acceptors (Lipinski definition) is 4. The summed E-state index contributed by atoms with van der Waals surface area (Å²) in [6, 6.07) is 6.78. The van der Waals surface area contributed by atoms with Crippen LogP contribution in [0.4, 0.5) is 0 Å². The smallest absolute Gasteiger partial charge is 0.376 e. The molecule has 1 aromatic carbocycles. The highest BCUT2D eigenvalue weighted by Crippen LogP contribution is 2.18. The fourth-order valence-electron chi connectivity index (χ4n) is 1.01. The van der Waals surface area contributed by atoms with E-state index in [2.05, 4.69) is 16.7 Å². The summed E-state index contributed by atoms with van der Waals surface area (Å²) in [7, 11) is 1.49. The van der Waals surface area contributed by atoms with E-state index in [1.54, 1.807) is 24.3 Å². The molecule has 0 aliphatic carbocycles. The van der Waals surface area contributed by atoms with Crippen LogP contribution in [0.3, 0.4) is 0 Å². The average molecular weight is 209 g/mol. The predicted molar refractivity (Wildman–Crippen MR) is 54.3 cm³/mol. The molecule has 0 fully saturated rings. The van der Waals surface area contributed by atoms with Crippen molar-refractivity contribution >= 4 is 5.97 Å². The summed E-state index contributed by atoms with van der Waals surface area (Å²) in [6.45, 7) is 3.83. The molecule has 81 valence electrons. The van der Waals surface area contributed by atoms with E-state index in [1.807, 2.05) is 0 Å². The Kier molecular flexibility index (Phi) is 4.63. The number of methoxy groups -OCH3 is 1. The van der Waals surface area contributed by atoms with Crippen LogP contribution in [0, 0.1) is 6.92 Å². The first-order chi connectivity index (χ1) is 7.29. The van der Waals surface area contributed by atoms with Gasteiger partial charge in [0.15, 0.2) is 0 Å². The predicted octanol–water partition coefficient (Wildman–Crippen LogP) is 2.01. The monoisotopic (exact) mass is 209 g/mol. The van der Waals surface area contributed by atoms with Gasteiger partial charge in [0.2, 0.25) is 0 Å². The molecule has 0 saturated carbocycles. The zero-order valence-electron chi connectivity index (χ0n) is 8.56. The molecule has 0 saturated heterocycles. The normalized spacial score (nSPS) is 9.73. The van der Waals surface area contributed by atoms with Gasteiger partial charge in [0, 0.05) is 0 Å². The van der Waals surface area contributed by atoms with Crippen molar-refractivity contribution in [3.8, 4) is 5.75 Å². The van der Waals surface area contributed by atoms with Crippen molar-refractivity contribution < 1.29 is 19.3 Å². The average Bonchev–Trinajstić information content (AvgIpc) is 2.29. The second-order valence-corrected chi connectivity index (χ2v) is 2.75. The lowest BCUT2D eigenvalue weighted by molar-refractivity contribution is -0.239. The minimum absolute atomic E-state index is 0.279. The summed E-state index contributed by atoms with van der Waals surface area (Å²) in [4.78, 5) is 20.6. The minimum Gasteiger partial charge on any atom is -0.496 e. The van der Waals surface area contributed by atoms with Crippen molar-refractivity contribution in [2.24, 2.45) is 0 Å². The fraction of sp³-hybridized carbons (Fsp3) is 0.273. The Morgan fingerprint density at radius 3 is 2.80 bits per heavy atom. The Morgan fingerprint density at radius 1 is 1.40 bits per heavy atom. The number of rotatable bonds is 5. The molecule has 0 unspecified atom stereocenters. The van der Waals surface area contributed by atoms with Crippen molar-refractivity contribution in [1.29, 1.82) is 0 Å². The second-order valence-electron chi connectivity index (χ2n) is 2.75. The Hall–Kier alpha value is -1.55. The lowest BCUT2D eigenvalue weighted by Crippen LogP contribution is -2.08. The molecule has 0 aliphatic heterocycles. The Bertz CT molecular complexity index is 322. The zero-order chi connectivity index (χ0) is 11.1. The summed E-state index contributed by atoms with van der Waals surface area (Å²) in [5.41, 5.74) is 0.337. The van der Waals surface area contributed by atoms with E-state index in [4.69, 9.17) is 4.74 Å². The summed E-state index contributed by atoms with van der Waals surface area (Å²) in [6.07, 6.45) is 0.541. The second kappa shape index (κ2) is 6.03. The highest BCUT2D eigenvalue weighted by molar-refractivity contribution is 5.92. The molecular formula is C11H13O4. The maximum absolute atomic E-state index is 11.5. The molecule has 4 heteroatoms. The highest BCUT2D eigenvalue weighted by atomic mass is 17.2. The van der Waals surface area contributed by atoms with Gasteiger partial charge in [0.05, 0.1) is 13.7 Å². The summed E-state index contributed by atoms with van der Waals surface area (Å²) >= 11 is 0. The molecule has 1 radical (unpaired) electrons. The lowest BCUT2D eigenvalue weighted by atomic mass is 10.2. The van der Waals surface area contributed by atoms with Gasteiger partial charge in [-0.2, -0.15) is 4.89 Å². The van der Waals surface area contributed by atoms with Crippen LogP contribution < -0.4 is 4.74 Å². The van der Waals surface area contributed by atoms with Crippen LogP contribution >= 0.6 is 0 Å². The van der Waals surface area contributed by atoms with Crippen LogP contribution in [-0.4, -0.2) is 19.7 Å². The molecule has 0 aliphatic rings. The number of benzene rings is 1. The van der Waals surface area contributed by atoms with Crippen LogP contribution in [0.5, 0.6) is 5.75 Å². The fourth-order valence-corrected chi connectivity index (χ4v) is 1.01. The molecule has 0 atom stereocenters. The van der Waals surface area contributed by atoms with Gasteiger partial charge in [-0.1, -0.05) is 19.1 Å². The van der Waals surface area contributed by atoms with E-state index in [0.717, 1.165) is 0 Å². The highest BCUT2D eigenvalue weighted by Gasteiger charge is 2.13. The first kappa shape index (κ1) is 11.5. The molecule has 0 heterocycles. The number of ether oxygens (including phenoxy) is 1. The molecule has 15 heavy (non-hydrogen) atoms. The third kappa shape index (κ3) is 3.25. The van der Waals surface area contributed by atoms with Gasteiger partial charge in [-0.15, -0.1) is 0 Å². The maximum atomic E-state index is 11.5. The standard InChI is InChI=1S/C11H13O4/c1-3-8-14-15-11(12)9-6-4-5-7-10(9)13-2/h4-7H,1,3,8H2,2H3. The molecule has 1 rings (SSSR count). The van der Waals surface area contributed by atoms with E-state index in [9.17, 15) is 4.79 Å². The van der Waals surface area contributed by atoms with Crippen molar-refractivity contribution in [2.75, 3.05) is 13.7 Å². The van der Waals surface area contributed by atoms with Crippen molar-refractivity contribution in [1.82, 2.24) is 0 Å². The van der Waals surface area contributed by atoms with Gasteiger partial charge in [0.25, 0.3) is 0 Å². The number of carbonyl (C=O) groups is 1. The van der Waals surface area contributed by atoms with E-state index in [1.165, 1.54) is 7.11 Å². The van der Waals surface area contributed by atoms with Crippen molar-refractivity contribution in [3.63, 3.8) is 0 Å². The molecule has 0 amide bonds. The Morgan fingerprint density at radius 2 is 2.13 bits per heavy atom. The van der Waals surface area contributed by atoms with Gasteiger partial charge in [-0.25, -0.2) is 4.79 Å². The summed E-state index contributed by atoms with van der Waals surface area (Å²) in [5.74, 6) is -0.110. The molecule has 0 N–H and O–H groups in total. The van der Waals surface area contributed by atoms with Gasteiger partial charge in [-0.05, 0) is 18.6 Å². The maximum Gasteiger partial charge on any atom is 0.376 e. The van der Waals surface area contributed by atoms with Crippen molar-refractivity contribution in [3.05, 3.63) is 36.8 Å². The third-order valence-corrected chi connectivity index (χ3v) is 1.69. The first-order valence-electron chi connectivity index (χ1n) is 4.55. The minimum atomic E-state index is -0.569. The van der Waals surface area contributed by atoms with Gasteiger partial charge in [0.1, 0.15) is 11.3 Å². The van der Waals surface area contributed by atoms with Crippen LogP contribution in [-0.2, 0) is 9.78 Å². The van der Waals surface area contributed by atoms with Gasteiger partial charge >= 0.3 is 5.97 Å². The van der Waals surface area contributed by atoms with Crippen LogP contribution in [0.1, 0.15) is 16.8 Å². The zero-order valence-corrected chi connectivity index (χ0v) is 8.56. The van der Waals surface area contributed by atoms with Gasteiger partial charge < -0.3 is 4.74 Å². The van der Waals surface area contributed by atoms with E-state index >= 15 is 0 Å². The van der Waals surface area contributed by atoms with E-state index in [0.29, 0.717) is 17.7 Å². The lowest BCUT2D eigenvalue weighted by Gasteiger charge is -2.06. The first-order valence-corrected chi connectivity index (χ1v) is 4.55. The van der Waals surface area contributed by atoms with Crippen LogP contribution in [0.2, 0.25) is 0 Å². The molecule has 0 aromatic heterocycles. The Labute approximate surface area is 88.7 Å². The molecule has 1 aromatic rings. The van der Waals surface area contributed by atoms with E-state index in [-0.39, 0.29) is 6.61 Å². The molecule has 0 bridgehead atoms. The Balaban J connectivity index is 2.64. The number of para-hydroxylation sites is 1.